The molecule has 0 saturated carbocycles. The predicted octanol–water partition coefficient (Wildman–Crippen LogP) is 7.92. The first-order valence-corrected chi connectivity index (χ1v) is 15.1. The molecule has 1 atom stereocenters. The number of methoxy groups -OCH3 is 1. The highest BCUT2D eigenvalue weighted by Gasteiger charge is 2.35. The number of hydrogen-bond acceptors (Lipinski definition) is 5. The summed E-state index contributed by atoms with van der Waals surface area (Å²) in [5.74, 6) is -1.75. The molecule has 11 heteroatoms. The lowest BCUT2D eigenvalue weighted by molar-refractivity contribution is -0.153. The van der Waals surface area contributed by atoms with E-state index in [1.165, 1.54) is 17.5 Å². The zero-order valence-electron chi connectivity index (χ0n) is 25.0. The number of pyridine rings is 1. The second-order valence-corrected chi connectivity index (χ2v) is 12.6. The number of ether oxygens (including phenoxy) is 1. The molecule has 0 aliphatic heterocycles. The van der Waals surface area contributed by atoms with E-state index in [1.54, 1.807) is 44.3 Å². The topological polar surface area (TPSA) is 92.9 Å². The second kappa shape index (κ2) is 12.5. The molecule has 0 fully saturated rings. The van der Waals surface area contributed by atoms with Crippen molar-refractivity contribution in [2.75, 3.05) is 7.11 Å². The Balaban J connectivity index is 1.54. The maximum Gasteiger partial charge on any atom is 0.449 e. The van der Waals surface area contributed by atoms with E-state index in [0.717, 1.165) is 28.0 Å². The summed E-state index contributed by atoms with van der Waals surface area (Å²) in [5, 5.41) is 11.3. The number of aromatic nitrogens is 1. The van der Waals surface area contributed by atoms with E-state index in [9.17, 15) is 27.3 Å². The van der Waals surface area contributed by atoms with E-state index in [2.05, 4.69) is 4.98 Å². The summed E-state index contributed by atoms with van der Waals surface area (Å²) in [5.41, 5.74) is 2.04. The largest absolute Gasteiger partial charge is 0.495 e. The molecule has 1 unspecified atom stereocenters. The van der Waals surface area contributed by atoms with Crippen molar-refractivity contribution in [2.45, 2.75) is 50.3 Å². The van der Waals surface area contributed by atoms with E-state index in [4.69, 9.17) is 9.15 Å². The molecule has 7 nitrogen and oxygen atoms in total. The lowest BCUT2D eigenvalue weighted by Crippen LogP contribution is -2.28. The van der Waals surface area contributed by atoms with Gasteiger partial charge in [-0.2, -0.15) is 13.2 Å². The van der Waals surface area contributed by atoms with Gasteiger partial charge in [-0.3, -0.25) is 9.78 Å². The molecule has 0 saturated heterocycles. The van der Waals surface area contributed by atoms with Crippen molar-refractivity contribution in [3.63, 3.8) is 0 Å². The third-order valence-electron chi connectivity index (χ3n) is 7.69. The fourth-order valence-corrected chi connectivity index (χ4v) is 6.44. The van der Waals surface area contributed by atoms with Crippen molar-refractivity contribution < 1.29 is 36.4 Å². The van der Waals surface area contributed by atoms with Gasteiger partial charge < -0.3 is 14.3 Å². The molecule has 234 valence electrons. The van der Waals surface area contributed by atoms with Crippen LogP contribution in [0.1, 0.15) is 42.2 Å². The Hall–Kier alpha value is -4.48. The number of rotatable bonds is 10. The normalized spacial score (nSPS) is 12.9. The zero-order valence-corrected chi connectivity index (χ0v) is 25.8. The number of carbonyl (C=O) groups is 1. The second-order valence-electron chi connectivity index (χ2n) is 11.1. The van der Waals surface area contributed by atoms with Crippen molar-refractivity contribution in [3.05, 3.63) is 113 Å². The van der Waals surface area contributed by atoms with E-state index >= 15 is 0 Å². The molecule has 0 aliphatic rings. The van der Waals surface area contributed by atoms with Crippen molar-refractivity contribution in [1.29, 1.82) is 0 Å². The van der Waals surface area contributed by atoms with Crippen LogP contribution in [0, 0.1) is 6.92 Å². The van der Waals surface area contributed by atoms with Crippen LogP contribution in [0.4, 0.5) is 13.2 Å². The average Bonchev–Trinajstić information content (AvgIpc) is 3.50. The minimum atomic E-state index is -4.66. The lowest BCUT2D eigenvalue weighted by Gasteiger charge is -2.23. The van der Waals surface area contributed by atoms with Crippen molar-refractivity contribution >= 4 is 27.7 Å². The molecule has 0 spiro atoms. The van der Waals surface area contributed by atoms with Crippen LogP contribution in [-0.4, -0.2) is 31.7 Å². The predicted molar refractivity (Wildman–Crippen MR) is 165 cm³/mol. The highest BCUT2D eigenvalue weighted by Crippen LogP contribution is 2.34. The molecular weight excluding hydrogens is 605 g/mol. The first-order chi connectivity index (χ1) is 21.3. The van der Waals surface area contributed by atoms with Crippen molar-refractivity contribution in [2.24, 2.45) is 0 Å². The van der Waals surface area contributed by atoms with Gasteiger partial charge in [-0.1, -0.05) is 54.6 Å². The van der Waals surface area contributed by atoms with Gasteiger partial charge >= 0.3 is 12.1 Å². The molecule has 2 heterocycles. The molecule has 1 N–H and O–H groups in total. The Morgan fingerprint density at radius 2 is 1.73 bits per heavy atom. The van der Waals surface area contributed by atoms with Gasteiger partial charge in [0.15, 0.2) is 0 Å². The third-order valence-corrected chi connectivity index (χ3v) is 9.31. The molecule has 2 aromatic heterocycles. The summed E-state index contributed by atoms with van der Waals surface area (Å²) >= 11 is 0. The number of aryl methyl sites for hydroxylation is 1. The van der Waals surface area contributed by atoms with Crippen LogP contribution in [0.3, 0.4) is 0 Å². The fourth-order valence-electron chi connectivity index (χ4n) is 4.98. The number of carboxylic acids is 1. The van der Waals surface area contributed by atoms with Crippen LogP contribution in [-0.2, 0) is 40.5 Å². The summed E-state index contributed by atoms with van der Waals surface area (Å²) in [6.45, 7) is 4.83. The van der Waals surface area contributed by atoms with E-state index < -0.39 is 34.3 Å². The van der Waals surface area contributed by atoms with Crippen molar-refractivity contribution in [1.82, 2.24) is 9.29 Å². The van der Waals surface area contributed by atoms with E-state index in [0.29, 0.717) is 27.5 Å². The van der Waals surface area contributed by atoms with Crippen LogP contribution < -0.4 is 4.74 Å². The molecule has 45 heavy (non-hydrogen) atoms. The summed E-state index contributed by atoms with van der Waals surface area (Å²) in [6, 6.07) is 22.2. The van der Waals surface area contributed by atoms with Crippen LogP contribution in [0.15, 0.2) is 94.4 Å². The van der Waals surface area contributed by atoms with Gasteiger partial charge in [0.25, 0.3) is 0 Å². The number of hydrogen-bond donors (Lipinski definition) is 1. The zero-order chi connectivity index (χ0) is 32.5. The lowest BCUT2D eigenvalue weighted by atomic mass is 9.83. The van der Waals surface area contributed by atoms with Crippen LogP contribution in [0.5, 0.6) is 5.75 Å². The van der Waals surface area contributed by atoms with E-state index in [1.807, 2.05) is 49.4 Å². The Bertz CT molecular complexity index is 1900. The molecule has 0 bridgehead atoms. The van der Waals surface area contributed by atoms with E-state index in [-0.39, 0.29) is 18.8 Å². The maximum absolute atomic E-state index is 14.3. The number of halogens is 3. The molecule has 3 aromatic carbocycles. The van der Waals surface area contributed by atoms with Gasteiger partial charge in [-0.05, 0) is 72.5 Å². The highest BCUT2D eigenvalue weighted by molar-refractivity contribution is 7.83. The number of alkyl halides is 3. The smallest absolute Gasteiger partial charge is 0.449 e. The first kappa shape index (κ1) is 31.9. The van der Waals surface area contributed by atoms with Crippen LogP contribution in [0.25, 0.3) is 21.9 Å². The molecular formula is C34H31F3N2O5S. The van der Waals surface area contributed by atoms with Gasteiger partial charge in [-0.15, -0.1) is 0 Å². The number of fused-ring (bicyclic) bond motifs is 1. The van der Waals surface area contributed by atoms with Crippen molar-refractivity contribution in [3.8, 4) is 16.9 Å². The van der Waals surface area contributed by atoms with Crippen LogP contribution in [0.2, 0.25) is 0 Å². The Morgan fingerprint density at radius 3 is 2.42 bits per heavy atom. The third kappa shape index (κ3) is 6.64. The Morgan fingerprint density at radius 1 is 0.978 bits per heavy atom. The van der Waals surface area contributed by atoms with Gasteiger partial charge in [0, 0.05) is 11.8 Å². The Kier molecular flexibility index (Phi) is 8.86. The number of aliphatic carboxylic acids is 1. The molecule has 0 amide bonds. The quantitative estimate of drug-likeness (QED) is 0.167. The summed E-state index contributed by atoms with van der Waals surface area (Å²) in [4.78, 5) is 17.0. The summed E-state index contributed by atoms with van der Waals surface area (Å²) in [6.07, 6.45) is -3.06. The van der Waals surface area contributed by atoms with Gasteiger partial charge in [0.05, 0.1) is 36.2 Å². The number of furan rings is 1. The molecule has 0 aliphatic carbocycles. The monoisotopic (exact) mass is 636 g/mol. The van der Waals surface area contributed by atoms with Crippen LogP contribution >= 0.6 is 0 Å². The molecule has 5 rings (SSSR count). The fraction of sp³-hybridized carbons (Fsp3) is 0.235. The highest BCUT2D eigenvalue weighted by atomic mass is 32.2. The number of benzene rings is 3. The minimum Gasteiger partial charge on any atom is -0.495 e. The molecule has 5 aromatic rings. The minimum absolute atomic E-state index is 0.0120. The SMILES string of the molecule is COc1cc(-c2cccc(C(C)(C)C(=O)O)c2)cnc1CN(Cc1ccc(C(F)(F)F)o1)S(=O)c1c(C)ccc2ccccc12. The number of carboxylic acid groups (broad SMARTS) is 1. The summed E-state index contributed by atoms with van der Waals surface area (Å²) < 4.78 is 66.6. The summed E-state index contributed by atoms with van der Waals surface area (Å²) in [7, 11) is -0.384. The first-order valence-electron chi connectivity index (χ1n) is 14.0. The maximum atomic E-state index is 14.3. The molecule has 0 radical (unpaired) electrons. The number of nitrogens with zero attached hydrogens (tertiary/aromatic N) is 2. The van der Waals surface area contributed by atoms with Gasteiger partial charge in [-0.25, -0.2) is 8.51 Å². The Labute approximate surface area is 260 Å². The standard InChI is InChI=1S/C34H31F3N2O5S/c1-21-12-13-22-8-5-6-11-27(22)31(21)45(42)39(19-26-14-15-30(44-26)34(35,36)37)20-28-29(43-4)17-24(18-38-28)23-9-7-10-25(16-23)33(2,3)32(40)41/h5-18H,19-20H2,1-4H3,(H,40,41). The average molecular weight is 637 g/mol. The van der Waals surface area contributed by atoms with Gasteiger partial charge in [0.2, 0.25) is 5.76 Å². The van der Waals surface area contributed by atoms with Gasteiger partial charge in [0.1, 0.15) is 22.5 Å².